The minimum Gasteiger partial charge on any atom is -0.352 e. The van der Waals surface area contributed by atoms with E-state index >= 15 is 0 Å². The molecular weight excluding hydrogens is 330 g/mol. The number of sulfonamides is 1. The maximum absolute atomic E-state index is 12.3. The highest BCUT2D eigenvalue weighted by Crippen LogP contribution is 2.25. The Morgan fingerprint density at radius 3 is 2.33 bits per heavy atom. The van der Waals surface area contributed by atoms with E-state index in [1.165, 1.54) is 12.1 Å². The number of nitrogens with zero attached hydrogens (tertiary/aromatic N) is 1. The highest BCUT2D eigenvalue weighted by atomic mass is 32.2. The van der Waals surface area contributed by atoms with E-state index in [1.807, 2.05) is 20.8 Å². The number of amides is 2. The summed E-state index contributed by atoms with van der Waals surface area (Å²) in [7, 11) is -3.72. The van der Waals surface area contributed by atoms with Crippen molar-refractivity contribution >= 4 is 21.8 Å². The lowest BCUT2D eigenvalue weighted by molar-refractivity contribution is -0.132. The fourth-order valence-corrected chi connectivity index (χ4v) is 3.18. The number of likely N-dealkylation sites (tertiary alicyclic amines) is 1. The van der Waals surface area contributed by atoms with Gasteiger partial charge in [-0.25, -0.2) is 13.6 Å². The van der Waals surface area contributed by atoms with Gasteiger partial charge in [-0.2, -0.15) is 0 Å². The van der Waals surface area contributed by atoms with Crippen LogP contribution in [0.4, 0.5) is 0 Å². The fraction of sp³-hybridized carbons (Fsp3) is 0.500. The molecule has 1 aliphatic rings. The molecule has 7 nitrogen and oxygen atoms in total. The zero-order chi connectivity index (χ0) is 18.1. The quantitative estimate of drug-likeness (QED) is 0.826. The number of hydrogen-bond acceptors (Lipinski definition) is 4. The van der Waals surface area contributed by atoms with Gasteiger partial charge in [0.05, 0.1) is 10.8 Å². The molecule has 24 heavy (non-hydrogen) atoms. The SMILES string of the molecule is CC(C)(C)N1C[C@@H](C(=O)NCc2ccc(S(N)(=O)=O)cc2)CC1=O. The summed E-state index contributed by atoms with van der Waals surface area (Å²) in [6.45, 7) is 6.51. The Bertz CT molecular complexity index is 736. The molecule has 132 valence electrons. The van der Waals surface area contributed by atoms with Crippen molar-refractivity contribution in [3.63, 3.8) is 0 Å². The van der Waals surface area contributed by atoms with Gasteiger partial charge in [-0.05, 0) is 38.5 Å². The third-order valence-electron chi connectivity index (χ3n) is 4.02. The molecule has 1 atom stereocenters. The highest BCUT2D eigenvalue weighted by molar-refractivity contribution is 7.89. The van der Waals surface area contributed by atoms with Gasteiger partial charge in [0.15, 0.2) is 0 Å². The molecule has 1 aromatic carbocycles. The van der Waals surface area contributed by atoms with Crippen LogP contribution in [0.15, 0.2) is 29.2 Å². The standard InChI is InChI=1S/C16H23N3O4S/c1-16(2,3)19-10-12(8-14(19)20)15(21)18-9-11-4-6-13(7-5-11)24(17,22)23/h4-7,12H,8-10H2,1-3H3,(H,18,21)(H2,17,22,23)/t12-/m0/s1. The molecule has 0 aliphatic carbocycles. The topological polar surface area (TPSA) is 110 Å². The van der Waals surface area contributed by atoms with E-state index in [9.17, 15) is 18.0 Å². The Morgan fingerprint density at radius 1 is 1.29 bits per heavy atom. The van der Waals surface area contributed by atoms with Crippen LogP contribution in [0.25, 0.3) is 0 Å². The van der Waals surface area contributed by atoms with Crippen molar-refractivity contribution in [2.75, 3.05) is 6.54 Å². The summed E-state index contributed by atoms with van der Waals surface area (Å²) < 4.78 is 22.4. The van der Waals surface area contributed by atoms with Crippen LogP contribution in [0.2, 0.25) is 0 Å². The minimum atomic E-state index is -3.72. The number of carbonyl (C=O) groups is 2. The van der Waals surface area contributed by atoms with Gasteiger partial charge in [-0.3, -0.25) is 9.59 Å². The maximum Gasteiger partial charge on any atom is 0.238 e. The van der Waals surface area contributed by atoms with Gasteiger partial charge in [0.2, 0.25) is 21.8 Å². The van der Waals surface area contributed by atoms with E-state index in [0.29, 0.717) is 6.54 Å². The first kappa shape index (κ1) is 18.4. The molecule has 0 unspecified atom stereocenters. The number of rotatable bonds is 4. The Hall–Kier alpha value is -1.93. The van der Waals surface area contributed by atoms with Gasteiger partial charge in [0.25, 0.3) is 0 Å². The molecule has 2 amide bonds. The van der Waals surface area contributed by atoms with Crippen LogP contribution >= 0.6 is 0 Å². The molecule has 8 heteroatoms. The smallest absolute Gasteiger partial charge is 0.238 e. The summed E-state index contributed by atoms with van der Waals surface area (Å²) in [6.07, 6.45) is 0.216. The molecule has 0 bridgehead atoms. The molecule has 0 spiro atoms. The number of hydrogen-bond donors (Lipinski definition) is 2. The minimum absolute atomic E-state index is 0.0137. The van der Waals surface area contributed by atoms with Gasteiger partial charge in [0, 0.05) is 25.0 Å². The predicted octanol–water partition coefficient (Wildman–Crippen LogP) is 0.597. The van der Waals surface area contributed by atoms with Crippen LogP contribution in [-0.4, -0.2) is 37.2 Å². The Morgan fingerprint density at radius 2 is 1.88 bits per heavy atom. The number of benzene rings is 1. The van der Waals surface area contributed by atoms with Crippen LogP contribution in [0.1, 0.15) is 32.8 Å². The van der Waals surface area contributed by atoms with E-state index in [-0.39, 0.29) is 41.1 Å². The lowest BCUT2D eigenvalue weighted by Crippen LogP contribution is -2.43. The fourth-order valence-electron chi connectivity index (χ4n) is 2.66. The Labute approximate surface area is 142 Å². The molecule has 2 rings (SSSR count). The predicted molar refractivity (Wildman–Crippen MR) is 89.2 cm³/mol. The first-order chi connectivity index (χ1) is 11.0. The summed E-state index contributed by atoms with van der Waals surface area (Å²) >= 11 is 0. The molecule has 1 heterocycles. The first-order valence-electron chi connectivity index (χ1n) is 7.68. The van der Waals surface area contributed by atoms with Crippen molar-refractivity contribution in [2.24, 2.45) is 11.1 Å². The van der Waals surface area contributed by atoms with Gasteiger partial charge in [0.1, 0.15) is 0 Å². The Kier molecular flexibility index (Phi) is 5.00. The monoisotopic (exact) mass is 353 g/mol. The second-order valence-electron chi connectivity index (χ2n) is 6.98. The average Bonchev–Trinajstić information content (AvgIpc) is 2.86. The van der Waals surface area contributed by atoms with Gasteiger partial charge >= 0.3 is 0 Å². The summed E-state index contributed by atoms with van der Waals surface area (Å²) in [5.41, 5.74) is 0.461. The second-order valence-corrected chi connectivity index (χ2v) is 8.54. The van der Waals surface area contributed by atoms with Crippen molar-refractivity contribution in [2.45, 2.75) is 44.2 Å². The first-order valence-corrected chi connectivity index (χ1v) is 9.23. The normalized spacial score (nSPS) is 18.8. The van der Waals surface area contributed by atoms with Crippen LogP contribution in [-0.2, 0) is 26.2 Å². The van der Waals surface area contributed by atoms with Gasteiger partial charge < -0.3 is 10.2 Å². The van der Waals surface area contributed by atoms with Gasteiger partial charge in [-0.1, -0.05) is 12.1 Å². The van der Waals surface area contributed by atoms with Crippen molar-refractivity contribution in [1.29, 1.82) is 0 Å². The number of carbonyl (C=O) groups excluding carboxylic acids is 2. The lowest BCUT2D eigenvalue weighted by Gasteiger charge is -2.31. The maximum atomic E-state index is 12.3. The van der Waals surface area contributed by atoms with E-state index < -0.39 is 10.0 Å². The molecule has 1 saturated heterocycles. The summed E-state index contributed by atoms with van der Waals surface area (Å²) in [5, 5.41) is 7.83. The zero-order valence-electron chi connectivity index (χ0n) is 14.1. The van der Waals surface area contributed by atoms with E-state index in [2.05, 4.69) is 5.32 Å². The van der Waals surface area contributed by atoms with Crippen LogP contribution in [0, 0.1) is 5.92 Å². The summed E-state index contributed by atoms with van der Waals surface area (Å²) in [6, 6.07) is 6.00. The van der Waals surface area contributed by atoms with Crippen LogP contribution < -0.4 is 10.5 Å². The second kappa shape index (κ2) is 6.52. The molecular formula is C16H23N3O4S. The third kappa shape index (κ3) is 4.33. The molecule has 0 saturated carbocycles. The van der Waals surface area contributed by atoms with Crippen molar-refractivity contribution in [3.05, 3.63) is 29.8 Å². The summed E-state index contributed by atoms with van der Waals surface area (Å²) in [4.78, 5) is 26.0. The van der Waals surface area contributed by atoms with Crippen molar-refractivity contribution < 1.29 is 18.0 Å². The summed E-state index contributed by atoms with van der Waals surface area (Å²) in [5.74, 6) is -0.550. The van der Waals surface area contributed by atoms with E-state index in [0.717, 1.165) is 5.56 Å². The third-order valence-corrected chi connectivity index (χ3v) is 4.95. The molecule has 0 radical (unpaired) electrons. The number of nitrogens with one attached hydrogen (secondary N) is 1. The van der Waals surface area contributed by atoms with E-state index in [1.54, 1.807) is 17.0 Å². The zero-order valence-corrected chi connectivity index (χ0v) is 14.9. The molecule has 1 fully saturated rings. The Balaban J connectivity index is 1.93. The highest BCUT2D eigenvalue weighted by Gasteiger charge is 2.39. The van der Waals surface area contributed by atoms with Crippen LogP contribution in [0.3, 0.4) is 0 Å². The van der Waals surface area contributed by atoms with Crippen molar-refractivity contribution in [1.82, 2.24) is 10.2 Å². The number of primary sulfonamides is 1. The average molecular weight is 353 g/mol. The lowest BCUT2D eigenvalue weighted by atomic mass is 10.1. The molecule has 1 aromatic rings. The van der Waals surface area contributed by atoms with Crippen molar-refractivity contribution in [3.8, 4) is 0 Å². The number of nitrogens with two attached hydrogens (primary N) is 1. The molecule has 0 aromatic heterocycles. The largest absolute Gasteiger partial charge is 0.352 e. The van der Waals surface area contributed by atoms with Crippen LogP contribution in [0.5, 0.6) is 0 Å². The molecule has 1 aliphatic heterocycles. The van der Waals surface area contributed by atoms with E-state index in [4.69, 9.17) is 5.14 Å². The molecule has 3 N–H and O–H groups in total. The van der Waals surface area contributed by atoms with Gasteiger partial charge in [-0.15, -0.1) is 0 Å².